The van der Waals surface area contributed by atoms with Crippen molar-refractivity contribution in [3.8, 4) is 0 Å². The largest absolute Gasteiger partial charge is 0.398 e. The van der Waals surface area contributed by atoms with Gasteiger partial charge in [-0.15, -0.1) is 0 Å². The smallest absolute Gasteiger partial charge is 0.369 e. The molecule has 0 aliphatic heterocycles. The standard InChI is InChI=1S/C15H30O4Si2/c1-13(2)14-8-10-15(11-9-14)21(18-5,19-6)12-20(7,16-3)17-4/h8,10,13H,9,11-12H2,1-7H3. The molecule has 0 aromatic heterocycles. The van der Waals surface area contributed by atoms with Crippen molar-refractivity contribution >= 4 is 17.1 Å². The first-order valence-electron chi connectivity index (χ1n) is 7.47. The summed E-state index contributed by atoms with van der Waals surface area (Å²) in [7, 11) is 2.22. The lowest BCUT2D eigenvalue weighted by Crippen LogP contribution is -2.53. The molecule has 1 rings (SSSR count). The molecule has 0 fully saturated rings. The predicted octanol–water partition coefficient (Wildman–Crippen LogP) is 3.47. The van der Waals surface area contributed by atoms with Gasteiger partial charge in [-0.1, -0.05) is 31.6 Å². The Hall–Kier alpha value is -0.246. The zero-order valence-corrected chi connectivity index (χ0v) is 16.5. The molecule has 21 heavy (non-hydrogen) atoms. The van der Waals surface area contributed by atoms with Crippen LogP contribution in [0.4, 0.5) is 0 Å². The highest BCUT2D eigenvalue weighted by Gasteiger charge is 2.49. The number of allylic oxidation sites excluding steroid dienone is 4. The molecule has 6 heteroatoms. The van der Waals surface area contributed by atoms with Crippen LogP contribution in [0.2, 0.25) is 12.2 Å². The zero-order chi connectivity index (χ0) is 16.1. The molecule has 0 saturated heterocycles. The molecule has 1 aliphatic carbocycles. The molecule has 4 nitrogen and oxygen atoms in total. The maximum Gasteiger partial charge on any atom is 0.369 e. The summed E-state index contributed by atoms with van der Waals surface area (Å²) >= 11 is 0. The van der Waals surface area contributed by atoms with Gasteiger partial charge in [-0.3, -0.25) is 0 Å². The summed E-state index contributed by atoms with van der Waals surface area (Å²) in [6, 6.07) is 0. The molecular weight excluding hydrogens is 300 g/mol. The van der Waals surface area contributed by atoms with Crippen molar-refractivity contribution in [3.05, 3.63) is 22.9 Å². The molecule has 0 spiro atoms. The van der Waals surface area contributed by atoms with Crippen LogP contribution in [0.1, 0.15) is 26.7 Å². The van der Waals surface area contributed by atoms with Crippen molar-refractivity contribution < 1.29 is 17.7 Å². The van der Waals surface area contributed by atoms with E-state index in [4.69, 9.17) is 17.7 Å². The second-order valence-electron chi connectivity index (χ2n) is 5.97. The van der Waals surface area contributed by atoms with E-state index in [1.807, 2.05) is 0 Å². The second-order valence-corrected chi connectivity index (χ2v) is 13.4. The minimum atomic E-state index is -2.46. The van der Waals surface area contributed by atoms with Gasteiger partial charge in [0.05, 0.1) is 0 Å². The number of rotatable bonds is 8. The van der Waals surface area contributed by atoms with E-state index in [9.17, 15) is 0 Å². The molecule has 0 radical (unpaired) electrons. The highest BCUT2D eigenvalue weighted by molar-refractivity contribution is 6.89. The van der Waals surface area contributed by atoms with Gasteiger partial charge in [-0.05, 0) is 30.5 Å². The lowest BCUT2D eigenvalue weighted by molar-refractivity contribution is 0.227. The maximum absolute atomic E-state index is 5.92. The van der Waals surface area contributed by atoms with Crippen molar-refractivity contribution in [2.75, 3.05) is 28.4 Å². The van der Waals surface area contributed by atoms with E-state index < -0.39 is 17.1 Å². The van der Waals surface area contributed by atoms with E-state index >= 15 is 0 Å². The molecular formula is C15H30O4Si2. The van der Waals surface area contributed by atoms with Gasteiger partial charge in [0.1, 0.15) is 0 Å². The van der Waals surface area contributed by atoms with Crippen LogP contribution in [-0.2, 0) is 17.7 Å². The minimum absolute atomic E-state index is 0.599. The van der Waals surface area contributed by atoms with Gasteiger partial charge in [0.2, 0.25) is 0 Å². The van der Waals surface area contributed by atoms with E-state index in [1.165, 1.54) is 10.8 Å². The molecule has 0 amide bonds. The SMILES string of the molecule is CO[Si](C)(C[Si](OC)(OC)C1=CC=C(C(C)C)CC1)OC. The summed E-state index contributed by atoms with van der Waals surface area (Å²) in [5.74, 6) is 0.599. The molecule has 0 heterocycles. The van der Waals surface area contributed by atoms with Gasteiger partial charge >= 0.3 is 17.1 Å². The molecule has 0 unspecified atom stereocenters. The van der Waals surface area contributed by atoms with Crippen molar-refractivity contribution in [2.24, 2.45) is 5.92 Å². The third-order valence-electron chi connectivity index (χ3n) is 4.49. The van der Waals surface area contributed by atoms with Crippen LogP contribution < -0.4 is 0 Å². The molecule has 0 bridgehead atoms. The van der Waals surface area contributed by atoms with Gasteiger partial charge in [0, 0.05) is 34.1 Å². The fraction of sp³-hybridized carbons (Fsp3) is 0.733. The summed E-state index contributed by atoms with van der Waals surface area (Å²) in [5.41, 5.74) is 2.24. The monoisotopic (exact) mass is 330 g/mol. The van der Waals surface area contributed by atoms with Crippen molar-refractivity contribution in [2.45, 2.75) is 38.9 Å². The Kier molecular flexibility index (Phi) is 7.03. The van der Waals surface area contributed by atoms with Crippen LogP contribution in [0.15, 0.2) is 22.9 Å². The quantitative estimate of drug-likeness (QED) is 0.639. The van der Waals surface area contributed by atoms with Gasteiger partial charge in [0.25, 0.3) is 0 Å². The lowest BCUT2D eigenvalue weighted by Gasteiger charge is -2.36. The number of hydrogen-bond donors (Lipinski definition) is 0. The van der Waals surface area contributed by atoms with Crippen molar-refractivity contribution in [1.29, 1.82) is 0 Å². The van der Waals surface area contributed by atoms with Crippen molar-refractivity contribution in [1.82, 2.24) is 0 Å². The Labute approximate surface area is 131 Å². The Morgan fingerprint density at radius 3 is 1.86 bits per heavy atom. The molecule has 0 N–H and O–H groups in total. The van der Waals surface area contributed by atoms with Crippen molar-refractivity contribution in [3.63, 3.8) is 0 Å². The van der Waals surface area contributed by atoms with Crippen LogP contribution in [0.3, 0.4) is 0 Å². The average Bonchev–Trinajstić information content (AvgIpc) is 2.52. The van der Waals surface area contributed by atoms with E-state index in [-0.39, 0.29) is 0 Å². The topological polar surface area (TPSA) is 36.9 Å². The molecule has 0 aromatic rings. The third kappa shape index (κ3) is 4.37. The molecule has 1 aliphatic rings. The summed E-state index contributed by atoms with van der Waals surface area (Å²) in [6.45, 7) is 6.54. The third-order valence-corrected chi connectivity index (χ3v) is 13.4. The Balaban J connectivity index is 3.06. The second kappa shape index (κ2) is 7.85. The van der Waals surface area contributed by atoms with Crippen LogP contribution in [0, 0.1) is 5.92 Å². The summed E-state index contributed by atoms with van der Waals surface area (Å²) in [6.07, 6.45) is 6.54. The first kappa shape index (κ1) is 18.8. The summed E-state index contributed by atoms with van der Waals surface area (Å²) in [4.78, 5) is 0. The van der Waals surface area contributed by atoms with Gasteiger partial charge < -0.3 is 17.7 Å². The van der Waals surface area contributed by atoms with Crippen LogP contribution in [0.5, 0.6) is 0 Å². The number of hydrogen-bond acceptors (Lipinski definition) is 4. The van der Waals surface area contributed by atoms with Crippen LogP contribution in [0.25, 0.3) is 0 Å². The summed E-state index contributed by atoms with van der Waals surface area (Å²) in [5, 5.41) is 1.30. The van der Waals surface area contributed by atoms with E-state index in [2.05, 4.69) is 32.5 Å². The fourth-order valence-electron chi connectivity index (χ4n) is 2.71. The van der Waals surface area contributed by atoms with Gasteiger partial charge in [-0.2, -0.15) is 0 Å². The zero-order valence-electron chi connectivity index (χ0n) is 14.5. The van der Waals surface area contributed by atoms with Gasteiger partial charge in [-0.25, -0.2) is 0 Å². The average molecular weight is 331 g/mol. The Morgan fingerprint density at radius 2 is 1.52 bits per heavy atom. The lowest BCUT2D eigenvalue weighted by atomic mass is 9.95. The van der Waals surface area contributed by atoms with E-state index in [1.54, 1.807) is 28.4 Å². The minimum Gasteiger partial charge on any atom is -0.398 e. The maximum atomic E-state index is 5.92. The highest BCUT2D eigenvalue weighted by atomic mass is 28.4. The Bertz CT molecular complexity index is 396. The van der Waals surface area contributed by atoms with Gasteiger partial charge in [0.15, 0.2) is 0 Å². The summed E-state index contributed by atoms with van der Waals surface area (Å²) < 4.78 is 23.1. The fourth-order valence-corrected chi connectivity index (χ4v) is 11.0. The van der Waals surface area contributed by atoms with Crippen LogP contribution >= 0.6 is 0 Å². The highest BCUT2D eigenvalue weighted by Crippen LogP contribution is 2.35. The molecule has 122 valence electrons. The van der Waals surface area contributed by atoms with E-state index in [0.29, 0.717) is 5.92 Å². The predicted molar refractivity (Wildman–Crippen MR) is 90.5 cm³/mol. The molecule has 0 aromatic carbocycles. The molecule has 0 saturated carbocycles. The molecule has 0 atom stereocenters. The Morgan fingerprint density at radius 1 is 0.952 bits per heavy atom. The first-order valence-corrected chi connectivity index (χ1v) is 12.0. The normalized spacial score (nSPS) is 17.0. The van der Waals surface area contributed by atoms with Crippen LogP contribution in [-0.4, -0.2) is 45.6 Å². The first-order chi connectivity index (χ1) is 9.86. The van der Waals surface area contributed by atoms with E-state index in [0.717, 1.165) is 18.5 Å².